The first kappa shape index (κ1) is 13.9. The van der Waals surface area contributed by atoms with E-state index in [0.717, 1.165) is 40.3 Å². The zero-order valence-corrected chi connectivity index (χ0v) is 12.6. The summed E-state index contributed by atoms with van der Waals surface area (Å²) in [5.41, 5.74) is 1.80. The van der Waals surface area contributed by atoms with Crippen molar-refractivity contribution in [2.45, 2.75) is 26.7 Å². The van der Waals surface area contributed by atoms with E-state index in [-0.39, 0.29) is 0 Å². The number of rotatable bonds is 5. The molecule has 0 bridgehead atoms. The Balaban J connectivity index is 2.37. The third kappa shape index (κ3) is 3.73. The van der Waals surface area contributed by atoms with Gasteiger partial charge in [-0.2, -0.15) is 0 Å². The largest absolute Gasteiger partial charge is 0.492 e. The number of aromatic nitrogens is 3. The molecule has 0 aliphatic rings. The van der Waals surface area contributed by atoms with E-state index in [1.807, 2.05) is 19.1 Å². The molecule has 0 amide bonds. The smallest absolute Gasteiger partial charge is 0.138 e. The minimum absolute atomic E-state index is 0.625. The second-order valence-corrected chi connectivity index (χ2v) is 4.90. The van der Waals surface area contributed by atoms with Gasteiger partial charge in [-0.3, -0.25) is 4.98 Å². The summed E-state index contributed by atoms with van der Waals surface area (Å²) in [6.07, 6.45) is 5.38. The Hall–Kier alpha value is -1.49. The van der Waals surface area contributed by atoms with Crippen LogP contribution in [0.25, 0.3) is 11.3 Å². The monoisotopic (exact) mass is 321 g/mol. The number of hydrogen-bond donors (Lipinski definition) is 0. The maximum absolute atomic E-state index is 5.46. The Morgan fingerprint density at radius 2 is 2.00 bits per heavy atom. The first-order valence-corrected chi connectivity index (χ1v) is 7.14. The molecule has 5 heteroatoms. The van der Waals surface area contributed by atoms with Gasteiger partial charge in [-0.05, 0) is 41.4 Å². The summed E-state index contributed by atoms with van der Waals surface area (Å²) in [4.78, 5) is 13.1. The van der Waals surface area contributed by atoms with Gasteiger partial charge in [0.15, 0.2) is 0 Å². The molecule has 100 valence electrons. The van der Waals surface area contributed by atoms with E-state index in [9.17, 15) is 0 Å². The second kappa shape index (κ2) is 6.61. The Bertz CT molecular complexity index is 560. The standard InChI is InChI=1S/C14H16BrN3O/c1-3-5-14-17-12(7-13(15)18-14)10-6-11(19-4-2)9-16-8-10/h6-9H,3-5H2,1-2H3. The molecule has 0 aromatic carbocycles. The lowest BCUT2D eigenvalue weighted by atomic mass is 10.2. The molecule has 0 spiro atoms. The van der Waals surface area contributed by atoms with Crippen molar-refractivity contribution >= 4 is 15.9 Å². The lowest BCUT2D eigenvalue weighted by Gasteiger charge is -2.07. The molecular weight excluding hydrogens is 306 g/mol. The lowest BCUT2D eigenvalue weighted by Crippen LogP contribution is -1.98. The van der Waals surface area contributed by atoms with Crippen LogP contribution in [0.4, 0.5) is 0 Å². The Morgan fingerprint density at radius 1 is 1.16 bits per heavy atom. The van der Waals surface area contributed by atoms with Crippen molar-refractivity contribution in [3.63, 3.8) is 0 Å². The van der Waals surface area contributed by atoms with Crippen LogP contribution < -0.4 is 4.74 Å². The van der Waals surface area contributed by atoms with Gasteiger partial charge in [0, 0.05) is 18.2 Å². The normalized spacial score (nSPS) is 10.5. The number of halogens is 1. The Labute approximate surface area is 121 Å². The molecule has 2 aromatic rings. The van der Waals surface area contributed by atoms with E-state index >= 15 is 0 Å². The van der Waals surface area contributed by atoms with E-state index in [4.69, 9.17) is 4.74 Å². The summed E-state index contributed by atoms with van der Waals surface area (Å²) in [6.45, 7) is 4.69. The SMILES string of the molecule is CCCc1nc(Br)cc(-c2cncc(OCC)c2)n1. The summed E-state index contributed by atoms with van der Waals surface area (Å²) < 4.78 is 6.25. The molecule has 0 N–H and O–H groups in total. The van der Waals surface area contributed by atoms with Crippen molar-refractivity contribution in [3.8, 4) is 17.0 Å². The number of hydrogen-bond acceptors (Lipinski definition) is 4. The third-order valence-corrected chi connectivity index (χ3v) is 2.94. The van der Waals surface area contributed by atoms with E-state index in [2.05, 4.69) is 37.8 Å². The van der Waals surface area contributed by atoms with Gasteiger partial charge >= 0.3 is 0 Å². The molecule has 0 saturated carbocycles. The molecule has 0 atom stereocenters. The average Bonchev–Trinajstić information content (AvgIpc) is 2.39. The maximum atomic E-state index is 5.46. The van der Waals surface area contributed by atoms with Gasteiger partial charge in [0.25, 0.3) is 0 Å². The highest BCUT2D eigenvalue weighted by Gasteiger charge is 2.06. The van der Waals surface area contributed by atoms with Gasteiger partial charge < -0.3 is 4.74 Å². The average molecular weight is 322 g/mol. The Kier molecular flexibility index (Phi) is 4.85. The predicted molar refractivity (Wildman–Crippen MR) is 78.1 cm³/mol. The van der Waals surface area contributed by atoms with Crippen LogP contribution in [0.1, 0.15) is 26.1 Å². The van der Waals surface area contributed by atoms with Crippen LogP contribution in [0.15, 0.2) is 29.1 Å². The molecule has 2 aromatic heterocycles. The highest BCUT2D eigenvalue weighted by Crippen LogP contribution is 2.23. The number of aryl methyl sites for hydroxylation is 1. The lowest BCUT2D eigenvalue weighted by molar-refractivity contribution is 0.339. The summed E-state index contributed by atoms with van der Waals surface area (Å²) in [5.74, 6) is 1.60. The molecule has 0 radical (unpaired) electrons. The van der Waals surface area contributed by atoms with Crippen LogP contribution in [0.5, 0.6) is 5.75 Å². The summed E-state index contributed by atoms with van der Waals surface area (Å²) in [6, 6.07) is 3.84. The summed E-state index contributed by atoms with van der Waals surface area (Å²) in [5, 5.41) is 0. The van der Waals surface area contributed by atoms with E-state index < -0.39 is 0 Å². The highest BCUT2D eigenvalue weighted by atomic mass is 79.9. The van der Waals surface area contributed by atoms with Gasteiger partial charge in [0.1, 0.15) is 16.2 Å². The zero-order chi connectivity index (χ0) is 13.7. The van der Waals surface area contributed by atoms with Crippen molar-refractivity contribution in [1.29, 1.82) is 0 Å². The van der Waals surface area contributed by atoms with Gasteiger partial charge in [-0.15, -0.1) is 0 Å². The molecule has 0 aliphatic heterocycles. The van der Waals surface area contributed by atoms with Gasteiger partial charge in [-0.25, -0.2) is 9.97 Å². The summed E-state index contributed by atoms with van der Waals surface area (Å²) >= 11 is 3.43. The van der Waals surface area contributed by atoms with Gasteiger partial charge in [0.05, 0.1) is 18.5 Å². The first-order chi connectivity index (χ1) is 9.22. The quantitative estimate of drug-likeness (QED) is 0.788. The van der Waals surface area contributed by atoms with E-state index in [1.54, 1.807) is 12.4 Å². The minimum Gasteiger partial charge on any atom is -0.492 e. The van der Waals surface area contributed by atoms with Gasteiger partial charge in [-0.1, -0.05) is 6.92 Å². The molecular formula is C14H16BrN3O. The fourth-order valence-electron chi connectivity index (χ4n) is 1.75. The number of pyridine rings is 1. The number of ether oxygens (including phenoxy) is 1. The van der Waals surface area contributed by atoms with Crippen molar-refractivity contribution < 1.29 is 4.74 Å². The van der Waals surface area contributed by atoms with Crippen LogP contribution in [0.3, 0.4) is 0 Å². The maximum Gasteiger partial charge on any atom is 0.138 e. The van der Waals surface area contributed by atoms with Crippen LogP contribution in [-0.4, -0.2) is 21.6 Å². The molecule has 2 rings (SSSR count). The van der Waals surface area contributed by atoms with E-state index in [0.29, 0.717) is 6.61 Å². The van der Waals surface area contributed by atoms with Crippen molar-refractivity contribution in [2.24, 2.45) is 0 Å². The van der Waals surface area contributed by atoms with Gasteiger partial charge in [0.2, 0.25) is 0 Å². The van der Waals surface area contributed by atoms with Crippen molar-refractivity contribution in [2.75, 3.05) is 6.61 Å². The molecule has 2 heterocycles. The molecule has 0 saturated heterocycles. The summed E-state index contributed by atoms with van der Waals surface area (Å²) in [7, 11) is 0. The van der Waals surface area contributed by atoms with Crippen LogP contribution >= 0.6 is 15.9 Å². The highest BCUT2D eigenvalue weighted by molar-refractivity contribution is 9.10. The van der Waals surface area contributed by atoms with Crippen molar-refractivity contribution in [3.05, 3.63) is 35.0 Å². The molecule has 0 aliphatic carbocycles. The van der Waals surface area contributed by atoms with E-state index in [1.165, 1.54) is 0 Å². The first-order valence-electron chi connectivity index (χ1n) is 6.34. The molecule has 0 unspecified atom stereocenters. The zero-order valence-electron chi connectivity index (χ0n) is 11.1. The van der Waals surface area contributed by atoms with Crippen LogP contribution in [0, 0.1) is 0 Å². The minimum atomic E-state index is 0.625. The topological polar surface area (TPSA) is 47.9 Å². The predicted octanol–water partition coefficient (Wildman–Crippen LogP) is 3.65. The second-order valence-electron chi connectivity index (χ2n) is 4.08. The Morgan fingerprint density at radius 3 is 2.74 bits per heavy atom. The molecule has 4 nitrogen and oxygen atoms in total. The third-order valence-electron chi connectivity index (χ3n) is 2.53. The molecule has 19 heavy (non-hydrogen) atoms. The fourth-order valence-corrected chi connectivity index (χ4v) is 2.17. The fraction of sp³-hybridized carbons (Fsp3) is 0.357. The van der Waals surface area contributed by atoms with Crippen LogP contribution in [-0.2, 0) is 6.42 Å². The molecule has 0 fully saturated rings. The van der Waals surface area contributed by atoms with Crippen LogP contribution in [0.2, 0.25) is 0 Å². The number of nitrogens with zero attached hydrogens (tertiary/aromatic N) is 3. The van der Waals surface area contributed by atoms with Crippen molar-refractivity contribution in [1.82, 2.24) is 15.0 Å².